The largest absolute Gasteiger partial charge is 0.355 e. The number of amides is 2. The van der Waals surface area contributed by atoms with Crippen LogP contribution < -0.4 is 5.32 Å². The summed E-state index contributed by atoms with van der Waals surface area (Å²) in [5, 5.41) is 3.63. The van der Waals surface area contributed by atoms with Crippen molar-refractivity contribution in [3.8, 4) is 0 Å². The van der Waals surface area contributed by atoms with E-state index in [1.165, 1.54) is 0 Å². The first-order chi connectivity index (χ1) is 11.0. The van der Waals surface area contributed by atoms with Crippen LogP contribution in [0.2, 0.25) is 5.02 Å². The van der Waals surface area contributed by atoms with Crippen LogP contribution >= 0.6 is 11.6 Å². The van der Waals surface area contributed by atoms with Crippen LogP contribution in [0.25, 0.3) is 0 Å². The molecule has 1 N–H and O–H groups in total. The average Bonchev–Trinajstić information content (AvgIpc) is 2.86. The molecular weight excluding hydrogens is 314 g/mol. The molecule has 1 aliphatic rings. The zero-order chi connectivity index (χ0) is 16.8. The van der Waals surface area contributed by atoms with E-state index in [0.717, 1.165) is 18.5 Å². The third-order valence-electron chi connectivity index (χ3n) is 4.00. The summed E-state index contributed by atoms with van der Waals surface area (Å²) in [7, 11) is 3.95. The number of hydrogen-bond acceptors (Lipinski definition) is 3. The van der Waals surface area contributed by atoms with Gasteiger partial charge in [-0.15, -0.1) is 0 Å². The Kier molecular flexibility index (Phi) is 6.42. The smallest absolute Gasteiger partial charge is 0.225 e. The van der Waals surface area contributed by atoms with Gasteiger partial charge in [0.15, 0.2) is 0 Å². The summed E-state index contributed by atoms with van der Waals surface area (Å²) in [6.07, 6.45) is 1.05. The molecule has 0 unspecified atom stereocenters. The molecule has 1 saturated heterocycles. The van der Waals surface area contributed by atoms with E-state index in [2.05, 4.69) is 5.32 Å². The molecule has 1 heterocycles. The molecule has 1 atom stereocenters. The summed E-state index contributed by atoms with van der Waals surface area (Å²) in [4.78, 5) is 28.0. The molecule has 5 nitrogen and oxygen atoms in total. The number of carbonyl (C=O) groups excluding carboxylic acids is 2. The van der Waals surface area contributed by atoms with Gasteiger partial charge in [-0.25, -0.2) is 0 Å². The van der Waals surface area contributed by atoms with Gasteiger partial charge in [-0.1, -0.05) is 23.7 Å². The minimum atomic E-state index is -0.232. The highest BCUT2D eigenvalue weighted by molar-refractivity contribution is 6.30. The molecule has 0 aliphatic carbocycles. The molecule has 0 bridgehead atoms. The van der Waals surface area contributed by atoms with Crippen LogP contribution in [0.1, 0.15) is 12.0 Å². The third-order valence-corrected chi connectivity index (χ3v) is 4.24. The standard InChI is InChI=1S/C17H24ClN3O2/c1-20(2)8-9-21-12-14(11-16(21)22)17(23)19-7-6-13-4-3-5-15(18)10-13/h3-5,10,14H,6-9,11-12H2,1-2H3,(H,19,23)/t14-/m0/s1. The molecule has 0 aromatic heterocycles. The summed E-state index contributed by atoms with van der Waals surface area (Å²) in [6.45, 7) is 2.57. The van der Waals surface area contributed by atoms with Crippen LogP contribution in [0.3, 0.4) is 0 Å². The van der Waals surface area contributed by atoms with Crippen molar-refractivity contribution in [2.75, 3.05) is 40.3 Å². The van der Waals surface area contributed by atoms with E-state index >= 15 is 0 Å². The normalized spacial score (nSPS) is 17.8. The maximum Gasteiger partial charge on any atom is 0.225 e. The molecule has 6 heteroatoms. The van der Waals surface area contributed by atoms with E-state index in [1.54, 1.807) is 4.90 Å². The summed E-state index contributed by atoms with van der Waals surface area (Å²) in [5.74, 6) is -0.196. The molecule has 1 fully saturated rings. The SMILES string of the molecule is CN(C)CCN1C[C@@H](C(=O)NCCc2cccc(Cl)c2)CC1=O. The summed E-state index contributed by atoms with van der Waals surface area (Å²) < 4.78 is 0. The Morgan fingerprint density at radius 2 is 2.22 bits per heavy atom. The van der Waals surface area contributed by atoms with Crippen LogP contribution in [-0.2, 0) is 16.0 Å². The fourth-order valence-corrected chi connectivity index (χ4v) is 2.86. The Hall–Kier alpha value is -1.59. The average molecular weight is 338 g/mol. The van der Waals surface area contributed by atoms with Crippen molar-refractivity contribution in [1.82, 2.24) is 15.1 Å². The third kappa shape index (κ3) is 5.52. The summed E-state index contributed by atoms with van der Waals surface area (Å²) in [6, 6.07) is 7.61. The number of carbonyl (C=O) groups is 2. The molecule has 1 aromatic carbocycles. The van der Waals surface area contributed by atoms with Crippen LogP contribution in [0.4, 0.5) is 0 Å². The number of benzene rings is 1. The van der Waals surface area contributed by atoms with Crippen LogP contribution in [-0.4, -0.2) is 61.9 Å². The number of rotatable bonds is 7. The Labute approximate surface area is 142 Å². The van der Waals surface area contributed by atoms with Crippen LogP contribution in [0.15, 0.2) is 24.3 Å². The van der Waals surface area contributed by atoms with E-state index in [1.807, 2.05) is 43.3 Å². The molecule has 2 rings (SSSR count). The molecule has 126 valence electrons. The number of hydrogen-bond donors (Lipinski definition) is 1. The highest BCUT2D eigenvalue weighted by atomic mass is 35.5. The monoisotopic (exact) mass is 337 g/mol. The van der Waals surface area contributed by atoms with Crippen molar-refractivity contribution in [1.29, 1.82) is 0 Å². The highest BCUT2D eigenvalue weighted by Crippen LogP contribution is 2.17. The van der Waals surface area contributed by atoms with Gasteiger partial charge in [-0.05, 0) is 38.2 Å². The zero-order valence-electron chi connectivity index (χ0n) is 13.7. The molecule has 1 aromatic rings. The second-order valence-electron chi connectivity index (χ2n) is 6.22. The van der Waals surface area contributed by atoms with Gasteiger partial charge >= 0.3 is 0 Å². The van der Waals surface area contributed by atoms with Crippen LogP contribution in [0.5, 0.6) is 0 Å². The van der Waals surface area contributed by atoms with Gasteiger partial charge in [-0.2, -0.15) is 0 Å². The zero-order valence-corrected chi connectivity index (χ0v) is 14.5. The van der Waals surface area contributed by atoms with Gasteiger partial charge in [0.1, 0.15) is 0 Å². The molecule has 23 heavy (non-hydrogen) atoms. The topological polar surface area (TPSA) is 52.6 Å². The predicted molar refractivity (Wildman–Crippen MR) is 91.4 cm³/mol. The molecular formula is C17H24ClN3O2. The van der Waals surface area contributed by atoms with Crippen molar-refractivity contribution in [3.63, 3.8) is 0 Å². The molecule has 0 spiro atoms. The minimum Gasteiger partial charge on any atom is -0.355 e. The molecule has 0 radical (unpaired) electrons. The summed E-state index contributed by atoms with van der Waals surface area (Å²) in [5.41, 5.74) is 1.09. The lowest BCUT2D eigenvalue weighted by Gasteiger charge is -2.19. The molecule has 2 amide bonds. The van der Waals surface area contributed by atoms with Crippen molar-refractivity contribution in [3.05, 3.63) is 34.9 Å². The molecule has 1 aliphatic heterocycles. The fraction of sp³-hybridized carbons (Fsp3) is 0.529. The first-order valence-corrected chi connectivity index (χ1v) is 8.28. The van der Waals surface area contributed by atoms with E-state index in [4.69, 9.17) is 11.6 Å². The minimum absolute atomic E-state index is 0.0345. The van der Waals surface area contributed by atoms with Gasteiger partial charge in [0.25, 0.3) is 0 Å². The molecule has 0 saturated carbocycles. The quantitative estimate of drug-likeness (QED) is 0.818. The van der Waals surface area contributed by atoms with Gasteiger partial charge in [0.2, 0.25) is 11.8 Å². The highest BCUT2D eigenvalue weighted by Gasteiger charge is 2.33. The number of likely N-dealkylation sites (tertiary alicyclic amines) is 1. The van der Waals surface area contributed by atoms with Crippen molar-refractivity contribution >= 4 is 23.4 Å². The maximum atomic E-state index is 12.2. The van der Waals surface area contributed by atoms with E-state index in [-0.39, 0.29) is 17.7 Å². The fourth-order valence-electron chi connectivity index (χ4n) is 2.65. The predicted octanol–water partition coefficient (Wildman–Crippen LogP) is 1.41. The first-order valence-electron chi connectivity index (χ1n) is 7.90. The maximum absolute atomic E-state index is 12.2. The van der Waals surface area contributed by atoms with Crippen molar-refractivity contribution in [2.45, 2.75) is 12.8 Å². The van der Waals surface area contributed by atoms with Gasteiger partial charge in [0.05, 0.1) is 5.92 Å². The van der Waals surface area contributed by atoms with Crippen molar-refractivity contribution < 1.29 is 9.59 Å². The van der Waals surface area contributed by atoms with E-state index < -0.39 is 0 Å². The second kappa shape index (κ2) is 8.31. The summed E-state index contributed by atoms with van der Waals surface area (Å²) >= 11 is 5.94. The number of nitrogens with zero attached hydrogens (tertiary/aromatic N) is 2. The lowest BCUT2D eigenvalue weighted by atomic mass is 10.1. The lowest BCUT2D eigenvalue weighted by Crippen LogP contribution is -2.36. The number of halogens is 1. The number of likely N-dealkylation sites (N-methyl/N-ethyl adjacent to an activating group) is 1. The van der Waals surface area contributed by atoms with Crippen molar-refractivity contribution in [2.24, 2.45) is 5.92 Å². The Balaban J connectivity index is 1.75. The van der Waals surface area contributed by atoms with E-state index in [0.29, 0.717) is 31.1 Å². The van der Waals surface area contributed by atoms with Gasteiger partial charge in [0, 0.05) is 37.6 Å². The van der Waals surface area contributed by atoms with Crippen LogP contribution in [0, 0.1) is 5.92 Å². The Morgan fingerprint density at radius 3 is 2.91 bits per heavy atom. The van der Waals surface area contributed by atoms with E-state index in [9.17, 15) is 9.59 Å². The first kappa shape index (κ1) is 17.8. The number of nitrogens with one attached hydrogen (secondary N) is 1. The Bertz CT molecular complexity index is 563. The van der Waals surface area contributed by atoms with Gasteiger partial charge in [-0.3, -0.25) is 9.59 Å². The lowest BCUT2D eigenvalue weighted by molar-refractivity contribution is -0.129. The Morgan fingerprint density at radius 1 is 1.43 bits per heavy atom. The van der Waals surface area contributed by atoms with Gasteiger partial charge < -0.3 is 15.1 Å². The second-order valence-corrected chi connectivity index (χ2v) is 6.65.